The van der Waals surface area contributed by atoms with Crippen LogP contribution in [0.15, 0.2) is 24.9 Å². The van der Waals surface area contributed by atoms with Gasteiger partial charge in [0.05, 0.1) is 28.2 Å². The summed E-state index contributed by atoms with van der Waals surface area (Å²) in [5.41, 5.74) is -0.864. The maximum Gasteiger partial charge on any atom is 0.417 e. The molecule has 1 aromatic heterocycles. The quantitative estimate of drug-likeness (QED) is 0.734. The fourth-order valence-corrected chi connectivity index (χ4v) is 3.19. The van der Waals surface area contributed by atoms with Crippen LogP contribution in [0.4, 0.5) is 13.2 Å². The van der Waals surface area contributed by atoms with Crippen molar-refractivity contribution in [3.8, 4) is 0 Å². The summed E-state index contributed by atoms with van der Waals surface area (Å²) < 4.78 is 38.1. The Morgan fingerprint density at radius 2 is 2.23 bits per heavy atom. The van der Waals surface area contributed by atoms with E-state index in [-0.39, 0.29) is 22.4 Å². The zero-order chi connectivity index (χ0) is 19.5. The molecule has 9 heteroatoms. The number of carbonyl (C=O) groups is 2. The largest absolute Gasteiger partial charge is 0.417 e. The Labute approximate surface area is 154 Å². The summed E-state index contributed by atoms with van der Waals surface area (Å²) >= 11 is 5.91. The lowest BCUT2D eigenvalue weighted by Crippen LogP contribution is -2.40. The molecule has 2 rings (SSSR count). The van der Waals surface area contributed by atoms with Crippen molar-refractivity contribution in [3.63, 3.8) is 0 Å². The third kappa shape index (κ3) is 4.62. The first-order valence-electron chi connectivity index (χ1n) is 8.03. The van der Waals surface area contributed by atoms with Crippen LogP contribution in [0.3, 0.4) is 0 Å². The lowest BCUT2D eigenvalue weighted by atomic mass is 9.89. The minimum Gasteiger partial charge on any atom is -0.351 e. The zero-order valence-electron chi connectivity index (χ0n) is 14.1. The van der Waals surface area contributed by atoms with Gasteiger partial charge in [-0.3, -0.25) is 14.6 Å². The van der Waals surface area contributed by atoms with Crippen LogP contribution in [0.2, 0.25) is 5.02 Å². The van der Waals surface area contributed by atoms with Gasteiger partial charge in [0.15, 0.2) is 0 Å². The molecule has 2 heterocycles. The molecule has 1 amide bonds. The minimum absolute atomic E-state index is 0.101. The van der Waals surface area contributed by atoms with E-state index in [0.29, 0.717) is 25.7 Å². The fraction of sp³-hybridized carbons (Fsp3) is 0.471. The number of rotatable bonds is 6. The molecule has 1 aliphatic heterocycles. The summed E-state index contributed by atoms with van der Waals surface area (Å²) in [4.78, 5) is 28.3. The number of alkyl halides is 3. The van der Waals surface area contributed by atoms with Gasteiger partial charge in [-0.2, -0.15) is 13.2 Å². The smallest absolute Gasteiger partial charge is 0.351 e. The summed E-state index contributed by atoms with van der Waals surface area (Å²) in [5.74, 6) is -1.65. The molecule has 1 fully saturated rings. The number of hydrogen-bond acceptors (Lipinski definition) is 4. The van der Waals surface area contributed by atoms with Crippen LogP contribution in [0, 0.1) is 5.92 Å². The summed E-state index contributed by atoms with van der Waals surface area (Å²) in [6.45, 7) is 5.70. The second-order valence-electron chi connectivity index (χ2n) is 6.14. The molecule has 3 atom stereocenters. The molecule has 0 bridgehead atoms. The van der Waals surface area contributed by atoms with Crippen molar-refractivity contribution in [3.05, 3.63) is 41.2 Å². The highest BCUT2D eigenvalue weighted by Crippen LogP contribution is 2.34. The predicted octanol–water partition coefficient (Wildman–Crippen LogP) is 2.71. The van der Waals surface area contributed by atoms with E-state index >= 15 is 0 Å². The van der Waals surface area contributed by atoms with Crippen molar-refractivity contribution >= 4 is 23.3 Å². The molecular weight excluding hydrogens is 371 g/mol. The molecule has 0 spiro atoms. The molecule has 3 unspecified atom stereocenters. The Morgan fingerprint density at radius 1 is 1.54 bits per heavy atom. The van der Waals surface area contributed by atoms with Crippen LogP contribution < -0.4 is 10.6 Å². The lowest BCUT2D eigenvalue weighted by Gasteiger charge is -2.17. The van der Waals surface area contributed by atoms with Gasteiger partial charge in [-0.15, -0.1) is 6.58 Å². The van der Waals surface area contributed by atoms with E-state index in [1.54, 1.807) is 13.0 Å². The van der Waals surface area contributed by atoms with E-state index in [1.807, 2.05) is 0 Å². The Hall–Kier alpha value is -1.93. The van der Waals surface area contributed by atoms with Crippen LogP contribution in [-0.2, 0) is 15.8 Å². The molecular formula is C17H19ClF3N3O2. The Balaban J connectivity index is 2.06. The lowest BCUT2D eigenvalue weighted by molar-refractivity contribution is -0.137. The van der Waals surface area contributed by atoms with Gasteiger partial charge in [-0.1, -0.05) is 17.7 Å². The van der Waals surface area contributed by atoms with Gasteiger partial charge < -0.3 is 10.6 Å². The molecule has 26 heavy (non-hydrogen) atoms. The van der Waals surface area contributed by atoms with Gasteiger partial charge in [0.2, 0.25) is 5.91 Å². The maximum absolute atomic E-state index is 12.7. The minimum atomic E-state index is -4.55. The number of hydrogen-bond donors (Lipinski definition) is 2. The highest BCUT2D eigenvalue weighted by atomic mass is 35.5. The van der Waals surface area contributed by atoms with Crippen LogP contribution in [0.5, 0.6) is 0 Å². The van der Waals surface area contributed by atoms with Crippen LogP contribution >= 0.6 is 11.6 Å². The second-order valence-corrected chi connectivity index (χ2v) is 6.55. The van der Waals surface area contributed by atoms with Crippen molar-refractivity contribution in [2.24, 2.45) is 5.92 Å². The van der Waals surface area contributed by atoms with Gasteiger partial charge in [0.1, 0.15) is 5.78 Å². The number of amides is 1. The third-order valence-electron chi connectivity index (χ3n) is 4.30. The van der Waals surface area contributed by atoms with Gasteiger partial charge >= 0.3 is 6.18 Å². The summed E-state index contributed by atoms with van der Waals surface area (Å²) in [5, 5.41) is 5.43. The molecule has 0 radical (unpaired) electrons. The van der Waals surface area contributed by atoms with E-state index in [0.717, 1.165) is 6.07 Å². The first kappa shape index (κ1) is 20.4. The molecule has 2 N–H and O–H groups in total. The number of aromatic nitrogens is 1. The Bertz CT molecular complexity index is 709. The molecule has 1 aromatic rings. The molecule has 5 nitrogen and oxygen atoms in total. The van der Waals surface area contributed by atoms with Crippen molar-refractivity contribution in [1.82, 2.24) is 15.6 Å². The van der Waals surface area contributed by atoms with E-state index in [2.05, 4.69) is 22.2 Å². The van der Waals surface area contributed by atoms with Crippen LogP contribution in [-0.4, -0.2) is 35.8 Å². The zero-order valence-corrected chi connectivity index (χ0v) is 14.8. The molecule has 142 valence electrons. The SMILES string of the molecule is C=CCNC(=O)C1CC(C(=O)C(C)c2ncc(C(F)(F)F)cc2Cl)CN1. The number of Topliss-reactive ketones (excluding diaryl/α,β-unsaturated/α-hetero) is 1. The van der Waals surface area contributed by atoms with E-state index in [4.69, 9.17) is 11.6 Å². The van der Waals surface area contributed by atoms with Crippen LogP contribution in [0.1, 0.15) is 30.5 Å². The standard InChI is InChI=1S/C17H19ClF3N3O2/c1-3-4-22-16(26)13-5-10(7-23-13)15(25)9(2)14-12(18)6-11(8-24-14)17(19,20)21/h3,6,8-10,13,23H,1,4-5,7H2,2H3,(H,22,26). The molecule has 0 saturated carbocycles. The summed E-state index contributed by atoms with van der Waals surface area (Å²) in [6, 6.07) is 0.277. The number of ketones is 1. The molecule has 0 aliphatic carbocycles. The highest BCUT2D eigenvalue weighted by molar-refractivity contribution is 6.31. The highest BCUT2D eigenvalue weighted by Gasteiger charge is 2.37. The summed E-state index contributed by atoms with van der Waals surface area (Å²) in [6.07, 6.45) is -2.02. The average molecular weight is 390 g/mol. The van der Waals surface area contributed by atoms with Crippen LogP contribution in [0.25, 0.3) is 0 Å². The first-order chi connectivity index (χ1) is 12.1. The Morgan fingerprint density at radius 3 is 2.81 bits per heavy atom. The number of carbonyl (C=O) groups excluding carboxylic acids is 2. The van der Waals surface area contributed by atoms with Gasteiger partial charge in [-0.05, 0) is 19.4 Å². The normalized spacial score (nSPS) is 21.3. The molecule has 0 aromatic carbocycles. The number of nitrogens with zero attached hydrogens (tertiary/aromatic N) is 1. The predicted molar refractivity (Wildman–Crippen MR) is 90.8 cm³/mol. The monoisotopic (exact) mass is 389 g/mol. The van der Waals surface area contributed by atoms with Gasteiger partial charge in [-0.25, -0.2) is 0 Å². The van der Waals surface area contributed by atoms with E-state index < -0.39 is 29.6 Å². The molecule has 1 aliphatic rings. The average Bonchev–Trinajstić information content (AvgIpc) is 3.07. The van der Waals surface area contributed by atoms with Gasteiger partial charge in [0, 0.05) is 25.2 Å². The Kier molecular flexibility index (Phi) is 6.41. The first-order valence-corrected chi connectivity index (χ1v) is 8.41. The number of nitrogens with one attached hydrogen (secondary N) is 2. The second kappa shape index (κ2) is 8.18. The van der Waals surface area contributed by atoms with Crippen molar-refractivity contribution in [2.45, 2.75) is 31.5 Å². The van der Waals surface area contributed by atoms with Crippen molar-refractivity contribution in [1.29, 1.82) is 0 Å². The van der Waals surface area contributed by atoms with Crippen molar-refractivity contribution in [2.75, 3.05) is 13.1 Å². The van der Waals surface area contributed by atoms with Gasteiger partial charge in [0.25, 0.3) is 0 Å². The summed E-state index contributed by atoms with van der Waals surface area (Å²) in [7, 11) is 0. The topological polar surface area (TPSA) is 71.1 Å². The number of pyridine rings is 1. The number of halogens is 4. The third-order valence-corrected chi connectivity index (χ3v) is 4.61. The maximum atomic E-state index is 12.7. The van der Waals surface area contributed by atoms with Crippen molar-refractivity contribution < 1.29 is 22.8 Å². The fourth-order valence-electron chi connectivity index (χ4n) is 2.86. The van der Waals surface area contributed by atoms with E-state index in [1.165, 1.54) is 0 Å². The van der Waals surface area contributed by atoms with E-state index in [9.17, 15) is 22.8 Å². The molecule has 1 saturated heterocycles.